The first-order valence-electron chi connectivity index (χ1n) is 10.7. The zero-order chi connectivity index (χ0) is 20.9. The number of hydrogen-bond acceptors (Lipinski definition) is 4. The van der Waals surface area contributed by atoms with Crippen molar-refractivity contribution in [3.8, 4) is 17.2 Å². The average molecular weight is 423 g/mol. The number of rotatable bonds is 15. The number of benzene rings is 2. The molecule has 162 valence electrons. The maximum absolute atomic E-state index is 6.17. The molecule has 0 saturated heterocycles. The zero-order valence-electron chi connectivity index (χ0n) is 18.0. The molecule has 0 bridgehead atoms. The largest absolute Gasteiger partial charge is 0.493 e. The molecular formula is C24H35ClO4. The van der Waals surface area contributed by atoms with E-state index in [9.17, 15) is 0 Å². The van der Waals surface area contributed by atoms with Gasteiger partial charge in [-0.2, -0.15) is 0 Å². The highest BCUT2D eigenvalue weighted by atomic mass is 35.5. The second kappa shape index (κ2) is 13.6. The Morgan fingerprint density at radius 2 is 1.62 bits per heavy atom. The molecule has 2 aromatic rings. The quantitative estimate of drug-likeness (QED) is 0.239. The van der Waals surface area contributed by atoms with Crippen molar-refractivity contribution in [2.45, 2.75) is 58.0 Å². The summed E-state index contributed by atoms with van der Waals surface area (Å²) in [6, 6.07) is 10.0. The number of alkyl halides is 1. The molecule has 0 aromatic heterocycles. The van der Waals surface area contributed by atoms with Crippen LogP contribution in [0.15, 0.2) is 30.3 Å². The van der Waals surface area contributed by atoms with Crippen LogP contribution in [0.5, 0.6) is 17.2 Å². The van der Waals surface area contributed by atoms with Gasteiger partial charge in [0.25, 0.3) is 0 Å². The predicted octanol–water partition coefficient (Wildman–Crippen LogP) is 6.61. The smallest absolute Gasteiger partial charge is 0.169 e. The minimum atomic E-state index is -0.0408. The Bertz CT molecular complexity index is 719. The van der Waals surface area contributed by atoms with Crippen LogP contribution in [-0.4, -0.2) is 39.4 Å². The van der Waals surface area contributed by atoms with E-state index in [1.54, 1.807) is 14.2 Å². The van der Waals surface area contributed by atoms with Gasteiger partial charge in [-0.05, 0) is 12.8 Å². The van der Waals surface area contributed by atoms with Crippen LogP contribution in [0.1, 0.15) is 51.9 Å². The summed E-state index contributed by atoms with van der Waals surface area (Å²) >= 11 is 5.84. The lowest BCUT2D eigenvalue weighted by Gasteiger charge is -2.19. The molecule has 0 radical (unpaired) electrons. The normalized spacial score (nSPS) is 12.1. The Kier molecular flexibility index (Phi) is 11.0. The van der Waals surface area contributed by atoms with Gasteiger partial charge in [0.2, 0.25) is 0 Å². The van der Waals surface area contributed by atoms with E-state index < -0.39 is 0 Å². The van der Waals surface area contributed by atoms with E-state index in [1.807, 2.05) is 30.3 Å². The molecule has 0 spiro atoms. The summed E-state index contributed by atoms with van der Waals surface area (Å²) in [4.78, 5) is 0. The van der Waals surface area contributed by atoms with Crippen molar-refractivity contribution in [1.29, 1.82) is 0 Å². The van der Waals surface area contributed by atoms with Crippen LogP contribution in [0.25, 0.3) is 10.8 Å². The summed E-state index contributed by atoms with van der Waals surface area (Å²) < 4.78 is 23.3. The molecule has 4 nitrogen and oxygen atoms in total. The molecule has 0 aliphatic carbocycles. The van der Waals surface area contributed by atoms with Crippen LogP contribution in [0.3, 0.4) is 0 Å². The van der Waals surface area contributed by atoms with Crippen molar-refractivity contribution in [1.82, 2.24) is 0 Å². The van der Waals surface area contributed by atoms with Gasteiger partial charge in [-0.1, -0.05) is 63.3 Å². The van der Waals surface area contributed by atoms with E-state index in [-0.39, 0.29) is 6.10 Å². The molecule has 5 heteroatoms. The SMILES string of the molecule is CCCCCCCCOc1c(OC)cc(OCC(CCCl)OC)c2ccccc12. The second-order valence-corrected chi connectivity index (χ2v) is 7.59. The van der Waals surface area contributed by atoms with Gasteiger partial charge in [0, 0.05) is 29.8 Å². The van der Waals surface area contributed by atoms with E-state index >= 15 is 0 Å². The summed E-state index contributed by atoms with van der Waals surface area (Å²) in [6.45, 7) is 3.36. The van der Waals surface area contributed by atoms with Gasteiger partial charge in [-0.15, -0.1) is 11.6 Å². The van der Waals surface area contributed by atoms with Crippen LogP contribution < -0.4 is 14.2 Å². The van der Waals surface area contributed by atoms with E-state index in [0.717, 1.165) is 35.1 Å². The molecule has 0 aliphatic heterocycles. The van der Waals surface area contributed by atoms with Crippen LogP contribution in [0.2, 0.25) is 0 Å². The van der Waals surface area contributed by atoms with Crippen LogP contribution in [-0.2, 0) is 4.74 Å². The third-order valence-corrected chi connectivity index (χ3v) is 5.29. The second-order valence-electron chi connectivity index (χ2n) is 7.21. The number of fused-ring (bicyclic) bond motifs is 1. The monoisotopic (exact) mass is 422 g/mol. The van der Waals surface area contributed by atoms with E-state index in [4.69, 9.17) is 30.5 Å². The molecule has 2 aromatic carbocycles. The van der Waals surface area contributed by atoms with Crippen molar-refractivity contribution in [3.05, 3.63) is 30.3 Å². The van der Waals surface area contributed by atoms with E-state index in [2.05, 4.69) is 6.92 Å². The highest BCUT2D eigenvalue weighted by molar-refractivity contribution is 6.17. The van der Waals surface area contributed by atoms with Crippen molar-refractivity contribution in [2.75, 3.05) is 33.3 Å². The number of methoxy groups -OCH3 is 2. The molecule has 0 saturated carbocycles. The van der Waals surface area contributed by atoms with Crippen molar-refractivity contribution < 1.29 is 18.9 Å². The number of ether oxygens (including phenoxy) is 4. The average Bonchev–Trinajstić information content (AvgIpc) is 2.76. The maximum atomic E-state index is 6.17. The molecule has 0 amide bonds. The summed E-state index contributed by atoms with van der Waals surface area (Å²) in [5, 5.41) is 2.01. The van der Waals surface area contributed by atoms with Gasteiger partial charge in [0.05, 0.1) is 19.8 Å². The summed E-state index contributed by atoms with van der Waals surface area (Å²) in [5.41, 5.74) is 0. The Hall–Kier alpha value is -1.65. The molecule has 29 heavy (non-hydrogen) atoms. The molecular weight excluding hydrogens is 388 g/mol. The molecule has 1 atom stereocenters. The molecule has 0 N–H and O–H groups in total. The zero-order valence-corrected chi connectivity index (χ0v) is 18.8. The number of halogens is 1. The first-order valence-corrected chi connectivity index (χ1v) is 11.2. The summed E-state index contributed by atoms with van der Waals surface area (Å²) in [5.74, 6) is 2.78. The molecule has 0 aliphatic rings. The lowest BCUT2D eigenvalue weighted by molar-refractivity contribution is 0.0566. The Morgan fingerprint density at radius 1 is 0.897 bits per heavy atom. The topological polar surface area (TPSA) is 36.9 Å². The standard InChI is InChI=1S/C24H35ClO4/c1-4-5-6-7-8-11-16-28-24-21-13-10-9-12-20(21)22(17-23(24)27-3)29-18-19(26-2)14-15-25/h9-10,12-13,17,19H,4-8,11,14-16,18H2,1-3H3. The van der Waals surface area contributed by atoms with Gasteiger partial charge < -0.3 is 18.9 Å². The number of unbranched alkanes of at least 4 members (excludes halogenated alkanes) is 5. The van der Waals surface area contributed by atoms with Crippen molar-refractivity contribution in [2.24, 2.45) is 0 Å². The minimum Gasteiger partial charge on any atom is -0.493 e. The van der Waals surface area contributed by atoms with E-state index in [1.165, 1.54) is 32.1 Å². The van der Waals surface area contributed by atoms with Crippen LogP contribution in [0.4, 0.5) is 0 Å². The maximum Gasteiger partial charge on any atom is 0.169 e. The Labute approximate surface area is 180 Å². The van der Waals surface area contributed by atoms with Crippen molar-refractivity contribution in [3.63, 3.8) is 0 Å². The number of hydrogen-bond donors (Lipinski definition) is 0. The van der Waals surface area contributed by atoms with Gasteiger partial charge in [0.1, 0.15) is 12.4 Å². The van der Waals surface area contributed by atoms with Crippen LogP contribution >= 0.6 is 11.6 Å². The van der Waals surface area contributed by atoms with Gasteiger partial charge in [0.15, 0.2) is 11.5 Å². The highest BCUT2D eigenvalue weighted by Crippen LogP contribution is 2.41. The van der Waals surface area contributed by atoms with Gasteiger partial charge in [-0.25, -0.2) is 0 Å². The Balaban J connectivity index is 2.11. The summed E-state index contributed by atoms with van der Waals surface area (Å²) in [7, 11) is 3.34. The highest BCUT2D eigenvalue weighted by Gasteiger charge is 2.16. The Morgan fingerprint density at radius 3 is 2.31 bits per heavy atom. The lowest BCUT2D eigenvalue weighted by Crippen LogP contribution is -2.20. The fourth-order valence-corrected chi connectivity index (χ4v) is 3.58. The summed E-state index contributed by atoms with van der Waals surface area (Å²) in [6.07, 6.45) is 8.10. The first-order chi connectivity index (χ1) is 14.2. The van der Waals surface area contributed by atoms with Crippen LogP contribution in [0, 0.1) is 0 Å². The van der Waals surface area contributed by atoms with Gasteiger partial charge >= 0.3 is 0 Å². The van der Waals surface area contributed by atoms with Crippen molar-refractivity contribution >= 4 is 22.4 Å². The lowest BCUT2D eigenvalue weighted by atomic mass is 10.1. The fourth-order valence-electron chi connectivity index (χ4n) is 3.34. The van der Waals surface area contributed by atoms with Gasteiger partial charge in [-0.3, -0.25) is 0 Å². The minimum absolute atomic E-state index is 0.0408. The fraction of sp³-hybridized carbons (Fsp3) is 0.583. The first kappa shape index (κ1) is 23.6. The predicted molar refractivity (Wildman–Crippen MR) is 121 cm³/mol. The molecule has 0 fully saturated rings. The third kappa shape index (κ3) is 7.27. The molecule has 1 unspecified atom stereocenters. The van der Waals surface area contributed by atoms with E-state index in [0.29, 0.717) is 24.8 Å². The molecule has 0 heterocycles. The molecule has 2 rings (SSSR count). The third-order valence-electron chi connectivity index (χ3n) is 5.08.